The highest BCUT2D eigenvalue weighted by Gasteiger charge is 2.19. The molecule has 1 unspecified atom stereocenters. The lowest BCUT2D eigenvalue weighted by Gasteiger charge is -2.09. The van der Waals surface area contributed by atoms with Gasteiger partial charge in [0.25, 0.3) is 0 Å². The summed E-state index contributed by atoms with van der Waals surface area (Å²) < 4.78 is 26.6. The van der Waals surface area contributed by atoms with Crippen LogP contribution in [0.1, 0.15) is 25.3 Å². The Morgan fingerprint density at radius 2 is 2.19 bits per heavy atom. The van der Waals surface area contributed by atoms with Gasteiger partial charge < -0.3 is 5.11 Å². The van der Waals surface area contributed by atoms with Gasteiger partial charge in [0.15, 0.2) is 0 Å². The first-order valence-corrected chi connectivity index (χ1v) is 8.06. The number of carbonyl (C=O) groups is 1. The second kappa shape index (κ2) is 7.41. The van der Waals surface area contributed by atoms with E-state index in [4.69, 9.17) is 22.0 Å². The number of aliphatic carboxylic acids is 1. The first kappa shape index (κ1) is 17.4. The Hall–Kier alpha value is -1.62. The fourth-order valence-corrected chi connectivity index (χ4v) is 3.12. The number of benzene rings is 1. The van der Waals surface area contributed by atoms with E-state index < -0.39 is 21.9 Å². The Morgan fingerprint density at radius 3 is 2.76 bits per heavy atom. The van der Waals surface area contributed by atoms with Gasteiger partial charge in [-0.1, -0.05) is 18.5 Å². The SMILES string of the molecule is CC(CCCNS(=O)(=O)c1cc(Cl)ccc1C#N)C(=O)O. The van der Waals surface area contributed by atoms with E-state index in [1.807, 2.05) is 0 Å². The van der Waals surface area contributed by atoms with Crippen molar-refractivity contribution in [3.8, 4) is 6.07 Å². The quantitative estimate of drug-likeness (QED) is 0.743. The second-order valence-corrected chi connectivity index (χ2v) is 6.70. The Labute approximate surface area is 128 Å². The van der Waals surface area contributed by atoms with Gasteiger partial charge >= 0.3 is 5.97 Å². The minimum atomic E-state index is -3.85. The zero-order valence-electron chi connectivity index (χ0n) is 11.3. The fraction of sp³-hybridized carbons (Fsp3) is 0.385. The third-order valence-electron chi connectivity index (χ3n) is 2.88. The molecule has 0 aromatic heterocycles. The number of hydrogen-bond donors (Lipinski definition) is 2. The lowest BCUT2D eigenvalue weighted by molar-refractivity contribution is -0.141. The van der Waals surface area contributed by atoms with E-state index in [9.17, 15) is 13.2 Å². The molecule has 0 saturated heterocycles. The molecule has 1 rings (SSSR count). The highest BCUT2D eigenvalue weighted by molar-refractivity contribution is 7.89. The topological polar surface area (TPSA) is 107 Å². The van der Waals surface area contributed by atoms with Gasteiger partial charge in [0.1, 0.15) is 11.0 Å². The first-order chi connectivity index (χ1) is 9.77. The van der Waals surface area contributed by atoms with Crippen molar-refractivity contribution in [2.75, 3.05) is 6.54 Å². The molecule has 21 heavy (non-hydrogen) atoms. The molecule has 0 amide bonds. The Balaban J connectivity index is 2.73. The van der Waals surface area contributed by atoms with Gasteiger partial charge in [-0.15, -0.1) is 0 Å². The predicted molar refractivity (Wildman–Crippen MR) is 77.4 cm³/mol. The van der Waals surface area contributed by atoms with Gasteiger partial charge in [-0.2, -0.15) is 5.26 Å². The highest BCUT2D eigenvalue weighted by Crippen LogP contribution is 2.20. The number of halogens is 1. The minimum Gasteiger partial charge on any atom is -0.481 e. The normalized spacial score (nSPS) is 12.6. The number of nitriles is 1. The van der Waals surface area contributed by atoms with E-state index in [2.05, 4.69) is 4.72 Å². The average Bonchev–Trinajstić information content (AvgIpc) is 2.43. The molecular formula is C13H15ClN2O4S. The first-order valence-electron chi connectivity index (χ1n) is 6.20. The summed E-state index contributed by atoms with van der Waals surface area (Å²) in [5.74, 6) is -1.45. The summed E-state index contributed by atoms with van der Waals surface area (Å²) in [5, 5.41) is 17.9. The van der Waals surface area contributed by atoms with Crippen molar-refractivity contribution in [1.82, 2.24) is 4.72 Å². The van der Waals surface area contributed by atoms with Crippen LogP contribution in [0.5, 0.6) is 0 Å². The maximum Gasteiger partial charge on any atom is 0.306 e. The summed E-state index contributed by atoms with van der Waals surface area (Å²) in [5.41, 5.74) is 0.00537. The number of carboxylic acids is 1. The highest BCUT2D eigenvalue weighted by atomic mass is 35.5. The van der Waals surface area contributed by atoms with Crippen LogP contribution in [-0.4, -0.2) is 26.0 Å². The van der Waals surface area contributed by atoms with Crippen LogP contribution in [0.2, 0.25) is 5.02 Å². The molecule has 1 atom stereocenters. The van der Waals surface area contributed by atoms with Gasteiger partial charge in [-0.25, -0.2) is 13.1 Å². The minimum absolute atomic E-state index is 0.00537. The smallest absolute Gasteiger partial charge is 0.306 e. The molecule has 0 saturated carbocycles. The van der Waals surface area contributed by atoms with Gasteiger partial charge in [0.2, 0.25) is 10.0 Å². The van der Waals surface area contributed by atoms with Crippen LogP contribution in [0.4, 0.5) is 0 Å². The molecule has 2 N–H and O–H groups in total. The molecule has 0 fully saturated rings. The van der Waals surface area contributed by atoms with Gasteiger partial charge in [-0.3, -0.25) is 4.79 Å². The molecular weight excluding hydrogens is 316 g/mol. The predicted octanol–water partition coefficient (Wildman–Crippen LogP) is 1.99. The zero-order chi connectivity index (χ0) is 16.0. The van der Waals surface area contributed by atoms with E-state index in [0.717, 1.165) is 0 Å². The summed E-state index contributed by atoms with van der Waals surface area (Å²) >= 11 is 5.75. The van der Waals surface area contributed by atoms with E-state index >= 15 is 0 Å². The van der Waals surface area contributed by atoms with E-state index in [0.29, 0.717) is 12.8 Å². The molecule has 0 aliphatic carbocycles. The van der Waals surface area contributed by atoms with Crippen LogP contribution in [0.3, 0.4) is 0 Å². The lowest BCUT2D eigenvalue weighted by atomic mass is 10.1. The monoisotopic (exact) mass is 330 g/mol. The van der Waals surface area contributed by atoms with Gasteiger partial charge in [-0.05, 0) is 31.0 Å². The van der Waals surface area contributed by atoms with E-state index in [-0.39, 0.29) is 22.0 Å². The molecule has 0 spiro atoms. The van der Waals surface area contributed by atoms with Crippen LogP contribution in [0.25, 0.3) is 0 Å². The molecule has 0 aliphatic heterocycles. The average molecular weight is 331 g/mol. The Kier molecular flexibility index (Phi) is 6.15. The van der Waals surface area contributed by atoms with Crippen molar-refractivity contribution in [2.45, 2.75) is 24.7 Å². The molecule has 0 heterocycles. The van der Waals surface area contributed by atoms with Crippen LogP contribution in [-0.2, 0) is 14.8 Å². The number of nitrogens with zero attached hydrogens (tertiary/aromatic N) is 1. The summed E-state index contributed by atoms with van der Waals surface area (Å²) in [6, 6.07) is 5.78. The molecule has 8 heteroatoms. The number of sulfonamides is 1. The molecule has 0 aliphatic rings. The largest absolute Gasteiger partial charge is 0.481 e. The number of carboxylic acid groups (broad SMARTS) is 1. The molecule has 0 radical (unpaired) electrons. The summed E-state index contributed by atoms with van der Waals surface area (Å²) in [7, 11) is -3.85. The number of hydrogen-bond acceptors (Lipinski definition) is 4. The molecule has 6 nitrogen and oxygen atoms in total. The molecule has 114 valence electrons. The summed E-state index contributed by atoms with van der Waals surface area (Å²) in [4.78, 5) is 10.5. The van der Waals surface area contributed by atoms with Gasteiger partial charge in [0.05, 0.1) is 11.5 Å². The van der Waals surface area contributed by atoms with Crippen molar-refractivity contribution < 1.29 is 18.3 Å². The zero-order valence-corrected chi connectivity index (χ0v) is 12.9. The maximum absolute atomic E-state index is 12.1. The van der Waals surface area contributed by atoms with Crippen LogP contribution < -0.4 is 4.72 Å². The second-order valence-electron chi connectivity index (χ2n) is 4.53. The Morgan fingerprint density at radius 1 is 1.52 bits per heavy atom. The maximum atomic E-state index is 12.1. The van der Waals surface area contributed by atoms with Gasteiger partial charge in [0, 0.05) is 11.6 Å². The third kappa shape index (κ3) is 5.01. The van der Waals surface area contributed by atoms with E-state index in [1.54, 1.807) is 13.0 Å². The standard InChI is InChI=1S/C13H15ClN2O4S/c1-9(13(17)18)3-2-6-16-21(19,20)12-7-11(14)5-4-10(12)8-15/h4-5,7,9,16H,2-3,6H2,1H3,(H,17,18). The van der Waals surface area contributed by atoms with Crippen LogP contribution in [0, 0.1) is 17.2 Å². The van der Waals surface area contributed by atoms with Crippen molar-refractivity contribution in [1.29, 1.82) is 5.26 Å². The summed E-state index contributed by atoms with van der Waals surface area (Å²) in [6.07, 6.45) is 0.744. The number of rotatable bonds is 7. The summed E-state index contributed by atoms with van der Waals surface area (Å²) in [6.45, 7) is 1.65. The van der Waals surface area contributed by atoms with Crippen molar-refractivity contribution in [2.24, 2.45) is 5.92 Å². The Bertz CT molecular complexity index is 667. The van der Waals surface area contributed by atoms with Crippen LogP contribution in [0.15, 0.2) is 23.1 Å². The molecule has 1 aromatic rings. The molecule has 1 aromatic carbocycles. The lowest BCUT2D eigenvalue weighted by Crippen LogP contribution is -2.26. The van der Waals surface area contributed by atoms with Crippen LogP contribution >= 0.6 is 11.6 Å². The third-order valence-corrected chi connectivity index (χ3v) is 4.62. The molecule has 0 bridgehead atoms. The van der Waals surface area contributed by atoms with Crippen molar-refractivity contribution >= 4 is 27.6 Å². The fourth-order valence-electron chi connectivity index (χ4n) is 1.63. The van der Waals surface area contributed by atoms with E-state index in [1.165, 1.54) is 18.2 Å². The number of nitrogens with one attached hydrogen (secondary N) is 1. The van der Waals surface area contributed by atoms with Crippen molar-refractivity contribution in [3.05, 3.63) is 28.8 Å². The van der Waals surface area contributed by atoms with Crippen molar-refractivity contribution in [3.63, 3.8) is 0 Å².